The Morgan fingerprint density at radius 2 is 1.72 bits per heavy atom. The van der Waals surface area contributed by atoms with Gasteiger partial charge < -0.3 is 4.74 Å². The highest BCUT2D eigenvalue weighted by molar-refractivity contribution is 9.11. The molecule has 6 heteroatoms. The van der Waals surface area contributed by atoms with Crippen molar-refractivity contribution in [2.45, 2.75) is 6.61 Å². The molecule has 0 heterocycles. The number of ether oxygens (including phenoxy) is 1. The Kier molecular flexibility index (Phi) is 5.50. The first kappa shape index (κ1) is 17.6. The molecule has 0 aliphatic carbocycles. The Balaban J connectivity index is 1.84. The van der Waals surface area contributed by atoms with Gasteiger partial charge in [0.25, 0.3) is 0 Å². The van der Waals surface area contributed by atoms with Crippen LogP contribution in [-0.4, -0.2) is 4.92 Å². The molecule has 0 spiro atoms. The van der Waals surface area contributed by atoms with E-state index in [1.807, 2.05) is 24.3 Å². The lowest BCUT2D eigenvalue weighted by Gasteiger charge is -2.13. The molecule has 0 atom stereocenters. The quantitative estimate of drug-likeness (QED) is 0.335. The van der Waals surface area contributed by atoms with Crippen molar-refractivity contribution in [3.05, 3.63) is 91.0 Å². The molecule has 0 saturated heterocycles. The molecule has 0 amide bonds. The monoisotopic (exact) mass is 461 g/mol. The first-order chi connectivity index (χ1) is 12.0. The normalized spacial score (nSPS) is 11.1. The van der Waals surface area contributed by atoms with E-state index in [1.54, 1.807) is 12.1 Å². The molecule has 3 aromatic rings. The number of hydrogen-bond donors (Lipinski definition) is 0. The molecule has 0 radical (unpaired) electrons. The third-order valence-electron chi connectivity index (χ3n) is 3.66. The van der Waals surface area contributed by atoms with Crippen LogP contribution in [0.5, 0.6) is 5.75 Å². The third kappa shape index (κ3) is 4.27. The summed E-state index contributed by atoms with van der Waals surface area (Å²) in [6.45, 7) is 0.419. The molecular formula is C19H13Br2NO3. The van der Waals surface area contributed by atoms with Crippen LogP contribution in [0.1, 0.15) is 11.1 Å². The Bertz CT molecular complexity index is 942. The zero-order chi connectivity index (χ0) is 17.8. The topological polar surface area (TPSA) is 52.4 Å². The van der Waals surface area contributed by atoms with Gasteiger partial charge in [0, 0.05) is 6.08 Å². The summed E-state index contributed by atoms with van der Waals surface area (Å²) >= 11 is 6.94. The number of rotatable bonds is 5. The molecule has 25 heavy (non-hydrogen) atoms. The molecule has 0 bridgehead atoms. The third-order valence-corrected chi connectivity index (χ3v) is 4.84. The lowest BCUT2D eigenvalue weighted by atomic mass is 10.1. The second-order valence-electron chi connectivity index (χ2n) is 5.34. The highest BCUT2D eigenvalue weighted by atomic mass is 79.9. The van der Waals surface area contributed by atoms with Crippen LogP contribution in [0.15, 0.2) is 69.7 Å². The maximum atomic E-state index is 10.4. The minimum absolute atomic E-state index is 0.419. The zero-order valence-electron chi connectivity index (χ0n) is 13.0. The average Bonchev–Trinajstić information content (AvgIpc) is 2.59. The summed E-state index contributed by atoms with van der Waals surface area (Å²) in [6.07, 6.45) is 2.34. The van der Waals surface area contributed by atoms with Gasteiger partial charge in [0.05, 0.1) is 13.9 Å². The summed E-state index contributed by atoms with van der Waals surface area (Å²) in [5.41, 5.74) is 1.79. The standard InChI is InChI=1S/C19H13Br2NO3/c20-17-10-13(8-9-22(23)24)11-18(21)19(17)25-12-15-6-3-5-14-4-1-2-7-16(14)15/h1-11H,12H2/b9-8+. The molecule has 0 aromatic heterocycles. The van der Waals surface area contributed by atoms with E-state index in [0.717, 1.165) is 26.1 Å². The zero-order valence-corrected chi connectivity index (χ0v) is 16.2. The number of nitro groups is 1. The summed E-state index contributed by atoms with van der Waals surface area (Å²) in [4.78, 5) is 9.95. The summed E-state index contributed by atoms with van der Waals surface area (Å²) in [6, 6.07) is 17.8. The van der Waals surface area contributed by atoms with E-state index in [9.17, 15) is 10.1 Å². The average molecular weight is 463 g/mol. The van der Waals surface area contributed by atoms with Gasteiger partial charge in [0.2, 0.25) is 6.20 Å². The van der Waals surface area contributed by atoms with Gasteiger partial charge in [-0.25, -0.2) is 0 Å². The van der Waals surface area contributed by atoms with Gasteiger partial charge in [0.15, 0.2) is 0 Å². The molecule has 4 nitrogen and oxygen atoms in total. The van der Waals surface area contributed by atoms with Crippen LogP contribution in [0.4, 0.5) is 0 Å². The smallest absolute Gasteiger partial charge is 0.235 e. The number of hydrogen-bond acceptors (Lipinski definition) is 3. The Morgan fingerprint density at radius 1 is 1.04 bits per heavy atom. The molecule has 0 aliphatic heterocycles. The lowest BCUT2D eigenvalue weighted by Crippen LogP contribution is -1.98. The number of nitrogens with zero attached hydrogens (tertiary/aromatic N) is 1. The van der Waals surface area contributed by atoms with Gasteiger partial charge in [-0.3, -0.25) is 10.1 Å². The highest BCUT2D eigenvalue weighted by Crippen LogP contribution is 2.36. The van der Waals surface area contributed by atoms with Crippen LogP contribution in [0, 0.1) is 10.1 Å². The predicted molar refractivity (Wildman–Crippen MR) is 106 cm³/mol. The number of benzene rings is 3. The van der Waals surface area contributed by atoms with Gasteiger partial charge in [-0.1, -0.05) is 42.5 Å². The number of fused-ring (bicyclic) bond motifs is 1. The molecule has 0 unspecified atom stereocenters. The van der Waals surface area contributed by atoms with Crippen molar-refractivity contribution in [1.29, 1.82) is 0 Å². The van der Waals surface area contributed by atoms with E-state index in [0.29, 0.717) is 17.9 Å². The molecule has 0 N–H and O–H groups in total. The Hall–Kier alpha value is -2.18. The van der Waals surface area contributed by atoms with Crippen LogP contribution < -0.4 is 4.74 Å². The van der Waals surface area contributed by atoms with E-state index in [4.69, 9.17) is 4.74 Å². The molecule has 0 saturated carbocycles. The van der Waals surface area contributed by atoms with Gasteiger partial charge in [0.1, 0.15) is 12.4 Å². The van der Waals surface area contributed by atoms with Gasteiger partial charge in [-0.05, 0) is 65.9 Å². The summed E-state index contributed by atoms with van der Waals surface area (Å²) < 4.78 is 7.44. The minimum atomic E-state index is -0.493. The summed E-state index contributed by atoms with van der Waals surface area (Å²) in [5, 5.41) is 12.8. The predicted octanol–water partition coefficient (Wildman–Crippen LogP) is 6.19. The fourth-order valence-corrected chi connectivity index (χ4v) is 3.98. The van der Waals surface area contributed by atoms with Crippen LogP contribution in [-0.2, 0) is 6.61 Å². The highest BCUT2D eigenvalue weighted by Gasteiger charge is 2.10. The fourth-order valence-electron chi connectivity index (χ4n) is 2.53. The van der Waals surface area contributed by atoms with Gasteiger partial charge >= 0.3 is 0 Å². The maximum Gasteiger partial charge on any atom is 0.235 e. The van der Waals surface area contributed by atoms with Crippen molar-refractivity contribution >= 4 is 48.7 Å². The molecule has 3 rings (SSSR count). The molecule has 3 aromatic carbocycles. The van der Waals surface area contributed by atoms with E-state index < -0.39 is 4.92 Å². The van der Waals surface area contributed by atoms with Crippen LogP contribution in [0.3, 0.4) is 0 Å². The summed E-state index contributed by atoms with van der Waals surface area (Å²) in [5.74, 6) is 0.659. The molecule has 126 valence electrons. The van der Waals surface area contributed by atoms with Crippen molar-refractivity contribution in [2.24, 2.45) is 0 Å². The Morgan fingerprint density at radius 3 is 2.44 bits per heavy atom. The van der Waals surface area contributed by atoms with Crippen molar-refractivity contribution in [3.63, 3.8) is 0 Å². The van der Waals surface area contributed by atoms with Gasteiger partial charge in [-0.2, -0.15) is 0 Å². The fraction of sp³-hybridized carbons (Fsp3) is 0.0526. The van der Waals surface area contributed by atoms with Gasteiger partial charge in [-0.15, -0.1) is 0 Å². The van der Waals surface area contributed by atoms with E-state index >= 15 is 0 Å². The van der Waals surface area contributed by atoms with Crippen LogP contribution in [0.2, 0.25) is 0 Å². The largest absolute Gasteiger partial charge is 0.487 e. The molecule has 0 fully saturated rings. The maximum absolute atomic E-state index is 10.4. The van der Waals surface area contributed by atoms with Crippen molar-refractivity contribution in [1.82, 2.24) is 0 Å². The molecule has 0 aliphatic rings. The van der Waals surface area contributed by atoms with E-state index in [2.05, 4.69) is 50.1 Å². The first-order valence-electron chi connectivity index (χ1n) is 7.45. The van der Waals surface area contributed by atoms with E-state index in [-0.39, 0.29) is 0 Å². The van der Waals surface area contributed by atoms with Crippen LogP contribution >= 0.6 is 31.9 Å². The molecular weight excluding hydrogens is 450 g/mol. The minimum Gasteiger partial charge on any atom is -0.487 e. The van der Waals surface area contributed by atoms with Crippen molar-refractivity contribution < 1.29 is 9.66 Å². The second kappa shape index (κ2) is 7.80. The number of halogens is 2. The SMILES string of the molecule is O=[N+]([O-])/C=C/c1cc(Br)c(OCc2cccc3ccccc23)c(Br)c1. The van der Waals surface area contributed by atoms with Crippen molar-refractivity contribution in [3.8, 4) is 5.75 Å². The first-order valence-corrected chi connectivity index (χ1v) is 9.03. The van der Waals surface area contributed by atoms with E-state index in [1.165, 1.54) is 11.5 Å². The van der Waals surface area contributed by atoms with Crippen LogP contribution in [0.25, 0.3) is 16.8 Å². The Labute approximate surface area is 161 Å². The summed E-state index contributed by atoms with van der Waals surface area (Å²) in [7, 11) is 0. The second-order valence-corrected chi connectivity index (χ2v) is 7.05. The lowest BCUT2D eigenvalue weighted by molar-refractivity contribution is -0.400. The van der Waals surface area contributed by atoms with Crippen molar-refractivity contribution in [2.75, 3.05) is 0 Å².